The Morgan fingerprint density at radius 3 is 2.54 bits per heavy atom. The molecule has 4 heterocycles. The third-order valence-electron chi connectivity index (χ3n) is 4.28. The molecule has 4 aromatic heterocycles. The minimum atomic E-state index is -0.305. The van der Waals surface area contributed by atoms with Crippen LogP contribution in [0.1, 0.15) is 0 Å². The molecule has 1 aromatic carbocycles. The molecule has 0 unspecified atom stereocenters. The number of fused-ring (bicyclic) bond motifs is 1. The van der Waals surface area contributed by atoms with Crippen LogP contribution in [0.5, 0.6) is 0 Å². The van der Waals surface area contributed by atoms with Crippen molar-refractivity contribution in [2.45, 2.75) is 0 Å². The number of hydrogen-bond acceptors (Lipinski definition) is 6. The zero-order valence-corrected chi connectivity index (χ0v) is 15.3. The SMILES string of the molecule is Nc1ccc(-c2nc(-c3cccnc3)nc3c2cnn3-c2ccc(F)cc2)s1. The van der Waals surface area contributed by atoms with Gasteiger partial charge in [-0.2, -0.15) is 5.10 Å². The van der Waals surface area contributed by atoms with E-state index in [1.165, 1.54) is 23.5 Å². The molecule has 6 nitrogen and oxygen atoms in total. The highest BCUT2D eigenvalue weighted by atomic mass is 32.1. The fraction of sp³-hybridized carbons (Fsp3) is 0. The predicted octanol–water partition coefficient (Wildman–Crippen LogP) is 4.33. The normalized spacial score (nSPS) is 11.2. The molecule has 0 saturated carbocycles. The Bertz CT molecular complexity index is 1280. The highest BCUT2D eigenvalue weighted by molar-refractivity contribution is 7.19. The highest BCUT2D eigenvalue weighted by Gasteiger charge is 2.17. The second-order valence-electron chi connectivity index (χ2n) is 6.11. The van der Waals surface area contributed by atoms with Gasteiger partial charge in [0.15, 0.2) is 11.5 Å². The number of rotatable bonds is 3. The van der Waals surface area contributed by atoms with Crippen LogP contribution < -0.4 is 5.73 Å². The largest absolute Gasteiger partial charge is 0.391 e. The number of nitrogens with two attached hydrogens (primary N) is 1. The molecule has 0 bridgehead atoms. The fourth-order valence-electron chi connectivity index (χ4n) is 2.97. The number of nitrogen functional groups attached to an aromatic ring is 1. The van der Waals surface area contributed by atoms with E-state index in [2.05, 4.69) is 10.1 Å². The lowest BCUT2D eigenvalue weighted by atomic mass is 10.2. The van der Waals surface area contributed by atoms with Crippen LogP contribution >= 0.6 is 11.3 Å². The number of thiophene rings is 1. The molecular formula is C20H13FN6S. The van der Waals surface area contributed by atoms with E-state index in [0.29, 0.717) is 22.2 Å². The Morgan fingerprint density at radius 1 is 0.964 bits per heavy atom. The second kappa shape index (κ2) is 6.50. The van der Waals surface area contributed by atoms with Gasteiger partial charge in [0, 0.05) is 18.0 Å². The average molecular weight is 388 g/mol. The van der Waals surface area contributed by atoms with E-state index in [4.69, 9.17) is 15.7 Å². The van der Waals surface area contributed by atoms with Crippen molar-refractivity contribution in [2.75, 3.05) is 5.73 Å². The minimum Gasteiger partial charge on any atom is -0.391 e. The number of halogens is 1. The quantitative estimate of drug-likeness (QED) is 0.497. The van der Waals surface area contributed by atoms with Gasteiger partial charge in [-0.25, -0.2) is 19.0 Å². The lowest BCUT2D eigenvalue weighted by Gasteiger charge is -2.07. The summed E-state index contributed by atoms with van der Waals surface area (Å²) in [4.78, 5) is 14.6. The van der Waals surface area contributed by atoms with Gasteiger partial charge in [0.2, 0.25) is 0 Å². The van der Waals surface area contributed by atoms with Crippen LogP contribution in [0.15, 0.2) is 67.1 Å². The molecule has 136 valence electrons. The van der Waals surface area contributed by atoms with Gasteiger partial charge in [-0.05, 0) is 48.5 Å². The maximum absolute atomic E-state index is 13.3. The van der Waals surface area contributed by atoms with Crippen molar-refractivity contribution in [3.8, 4) is 27.6 Å². The van der Waals surface area contributed by atoms with E-state index in [-0.39, 0.29) is 5.82 Å². The van der Waals surface area contributed by atoms with Crippen molar-refractivity contribution in [1.29, 1.82) is 0 Å². The number of nitrogens with zero attached hydrogens (tertiary/aromatic N) is 5. The van der Waals surface area contributed by atoms with Crippen LogP contribution in [0.3, 0.4) is 0 Å². The number of hydrogen-bond donors (Lipinski definition) is 1. The average Bonchev–Trinajstić information content (AvgIpc) is 3.35. The first-order chi connectivity index (χ1) is 13.7. The number of benzene rings is 1. The standard InChI is InChI=1S/C20H13FN6S/c21-13-3-5-14(6-4-13)27-20-15(11-24-27)18(16-7-8-17(22)28-16)25-19(26-20)12-2-1-9-23-10-12/h1-11H,22H2. The van der Waals surface area contributed by atoms with Gasteiger partial charge >= 0.3 is 0 Å². The van der Waals surface area contributed by atoms with Crippen molar-refractivity contribution in [3.05, 3.63) is 72.9 Å². The Labute approximate surface area is 163 Å². The van der Waals surface area contributed by atoms with Crippen molar-refractivity contribution >= 4 is 27.4 Å². The lowest BCUT2D eigenvalue weighted by molar-refractivity contribution is 0.627. The van der Waals surface area contributed by atoms with E-state index in [1.54, 1.807) is 35.4 Å². The van der Waals surface area contributed by atoms with Crippen LogP contribution in [-0.4, -0.2) is 24.7 Å². The van der Waals surface area contributed by atoms with E-state index >= 15 is 0 Å². The molecule has 0 aliphatic heterocycles. The van der Waals surface area contributed by atoms with Crippen LogP contribution in [-0.2, 0) is 0 Å². The first-order valence-electron chi connectivity index (χ1n) is 8.47. The van der Waals surface area contributed by atoms with Crippen molar-refractivity contribution in [1.82, 2.24) is 24.7 Å². The Hall–Kier alpha value is -3.65. The van der Waals surface area contributed by atoms with E-state index in [0.717, 1.165) is 21.5 Å². The monoisotopic (exact) mass is 388 g/mol. The summed E-state index contributed by atoms with van der Waals surface area (Å²) in [7, 11) is 0. The number of anilines is 1. The lowest BCUT2D eigenvalue weighted by Crippen LogP contribution is -2.00. The summed E-state index contributed by atoms with van der Waals surface area (Å²) in [6, 6.07) is 13.6. The molecule has 0 atom stereocenters. The van der Waals surface area contributed by atoms with Gasteiger partial charge in [0.1, 0.15) is 5.82 Å². The van der Waals surface area contributed by atoms with E-state index < -0.39 is 0 Å². The third-order valence-corrected chi connectivity index (χ3v) is 5.20. The molecule has 2 N–H and O–H groups in total. The van der Waals surface area contributed by atoms with Crippen molar-refractivity contribution < 1.29 is 4.39 Å². The van der Waals surface area contributed by atoms with Crippen LogP contribution in [0, 0.1) is 5.82 Å². The molecule has 0 radical (unpaired) electrons. The van der Waals surface area contributed by atoms with Gasteiger partial charge in [-0.3, -0.25) is 4.98 Å². The van der Waals surface area contributed by atoms with Crippen molar-refractivity contribution in [2.24, 2.45) is 0 Å². The summed E-state index contributed by atoms with van der Waals surface area (Å²) in [5.74, 6) is 0.229. The maximum atomic E-state index is 13.3. The first kappa shape index (κ1) is 16.5. The summed E-state index contributed by atoms with van der Waals surface area (Å²) in [5, 5.41) is 5.97. The molecular weight excluding hydrogens is 375 g/mol. The molecule has 0 aliphatic carbocycles. The summed E-state index contributed by atoms with van der Waals surface area (Å²) >= 11 is 1.45. The Balaban J connectivity index is 1.80. The van der Waals surface area contributed by atoms with Crippen LogP contribution in [0.25, 0.3) is 38.7 Å². The number of aromatic nitrogens is 5. The summed E-state index contributed by atoms with van der Waals surface area (Å²) < 4.78 is 15.0. The van der Waals surface area contributed by atoms with Gasteiger partial charge in [0.05, 0.1) is 32.8 Å². The van der Waals surface area contributed by atoms with Gasteiger partial charge in [0.25, 0.3) is 0 Å². The topological polar surface area (TPSA) is 82.5 Å². The van der Waals surface area contributed by atoms with Crippen LogP contribution in [0.4, 0.5) is 9.39 Å². The fourth-order valence-corrected chi connectivity index (χ4v) is 3.75. The molecule has 8 heteroatoms. The smallest absolute Gasteiger partial charge is 0.167 e. The molecule has 28 heavy (non-hydrogen) atoms. The van der Waals surface area contributed by atoms with Crippen LogP contribution in [0.2, 0.25) is 0 Å². The third kappa shape index (κ3) is 2.80. The molecule has 0 amide bonds. The summed E-state index contributed by atoms with van der Waals surface area (Å²) in [6.07, 6.45) is 5.13. The minimum absolute atomic E-state index is 0.305. The summed E-state index contributed by atoms with van der Waals surface area (Å²) in [6.45, 7) is 0. The van der Waals surface area contributed by atoms with E-state index in [9.17, 15) is 4.39 Å². The van der Waals surface area contributed by atoms with E-state index in [1.807, 2.05) is 24.3 Å². The highest BCUT2D eigenvalue weighted by Crippen LogP contribution is 2.34. The molecule has 0 fully saturated rings. The summed E-state index contributed by atoms with van der Waals surface area (Å²) in [5.41, 5.74) is 8.81. The molecule has 0 aliphatic rings. The molecule has 5 aromatic rings. The first-order valence-corrected chi connectivity index (χ1v) is 9.28. The molecule has 0 saturated heterocycles. The maximum Gasteiger partial charge on any atom is 0.167 e. The molecule has 5 rings (SSSR count). The van der Waals surface area contributed by atoms with Gasteiger partial charge in [-0.15, -0.1) is 11.3 Å². The van der Waals surface area contributed by atoms with Crippen molar-refractivity contribution in [3.63, 3.8) is 0 Å². The van der Waals surface area contributed by atoms with Gasteiger partial charge < -0.3 is 5.73 Å². The Morgan fingerprint density at radius 2 is 1.82 bits per heavy atom. The Kier molecular flexibility index (Phi) is 3.84. The second-order valence-corrected chi connectivity index (χ2v) is 7.22. The zero-order chi connectivity index (χ0) is 19.1. The zero-order valence-electron chi connectivity index (χ0n) is 14.5. The molecule has 0 spiro atoms. The van der Waals surface area contributed by atoms with Gasteiger partial charge in [-0.1, -0.05) is 0 Å². The number of pyridine rings is 1. The predicted molar refractivity (Wildman–Crippen MR) is 108 cm³/mol.